The van der Waals surface area contributed by atoms with E-state index >= 15 is 0 Å². The van der Waals surface area contributed by atoms with Crippen LogP contribution < -0.4 is 0 Å². The van der Waals surface area contributed by atoms with E-state index in [2.05, 4.69) is 32.7 Å². The van der Waals surface area contributed by atoms with E-state index < -0.39 is 0 Å². The molecule has 0 spiro atoms. The van der Waals surface area contributed by atoms with Crippen LogP contribution in [0.25, 0.3) is 16.7 Å². The fourth-order valence-electron chi connectivity index (χ4n) is 3.19. The minimum Gasteiger partial charge on any atom is -0.295 e. The van der Waals surface area contributed by atoms with Crippen LogP contribution in [0.15, 0.2) is 36.7 Å². The van der Waals surface area contributed by atoms with E-state index in [9.17, 15) is 0 Å². The lowest BCUT2D eigenvalue weighted by molar-refractivity contribution is 0.880. The fourth-order valence-corrected chi connectivity index (χ4v) is 3.33. The Bertz CT molecular complexity index is 820. The summed E-state index contributed by atoms with van der Waals surface area (Å²) in [4.78, 5) is 8.81. The maximum absolute atomic E-state index is 6.34. The number of benzene rings is 1. The van der Waals surface area contributed by atoms with Crippen LogP contribution in [0.2, 0.25) is 0 Å². The summed E-state index contributed by atoms with van der Waals surface area (Å²) in [6.07, 6.45) is 7.22. The first-order valence-electron chi connectivity index (χ1n) is 7.32. The molecule has 0 radical (unpaired) electrons. The van der Waals surface area contributed by atoms with Gasteiger partial charge in [-0.05, 0) is 55.5 Å². The molecule has 4 heteroatoms. The van der Waals surface area contributed by atoms with Crippen molar-refractivity contribution in [2.75, 3.05) is 0 Å². The minimum atomic E-state index is -0.148. The van der Waals surface area contributed by atoms with Crippen molar-refractivity contribution in [2.45, 2.75) is 31.6 Å². The molecular formula is C17H16ClN3. The summed E-state index contributed by atoms with van der Waals surface area (Å²) in [5.74, 6) is 0.873. The Kier molecular flexibility index (Phi) is 2.96. The molecule has 1 unspecified atom stereocenters. The summed E-state index contributed by atoms with van der Waals surface area (Å²) >= 11 is 6.34. The van der Waals surface area contributed by atoms with Crippen LogP contribution in [0.1, 0.15) is 35.7 Å². The van der Waals surface area contributed by atoms with Crippen LogP contribution in [0, 0.1) is 0 Å². The maximum atomic E-state index is 6.34. The van der Waals surface area contributed by atoms with Crippen LogP contribution in [-0.2, 0) is 12.8 Å². The van der Waals surface area contributed by atoms with Crippen LogP contribution in [-0.4, -0.2) is 14.5 Å². The van der Waals surface area contributed by atoms with Gasteiger partial charge in [0.2, 0.25) is 0 Å². The first-order valence-corrected chi connectivity index (χ1v) is 7.76. The second-order valence-electron chi connectivity index (χ2n) is 5.59. The van der Waals surface area contributed by atoms with Crippen molar-refractivity contribution in [2.24, 2.45) is 0 Å². The van der Waals surface area contributed by atoms with Crippen molar-refractivity contribution >= 4 is 22.6 Å². The van der Waals surface area contributed by atoms with Crippen molar-refractivity contribution in [3.05, 3.63) is 53.6 Å². The van der Waals surface area contributed by atoms with Crippen LogP contribution in [0.3, 0.4) is 0 Å². The Morgan fingerprint density at radius 3 is 2.90 bits per heavy atom. The zero-order chi connectivity index (χ0) is 14.4. The lowest BCUT2D eigenvalue weighted by Crippen LogP contribution is -2.02. The Hall–Kier alpha value is -1.87. The Morgan fingerprint density at radius 2 is 2.05 bits per heavy atom. The van der Waals surface area contributed by atoms with Gasteiger partial charge in [0.05, 0.1) is 17.1 Å². The smallest absolute Gasteiger partial charge is 0.132 e. The minimum absolute atomic E-state index is 0.148. The number of hydrogen-bond acceptors (Lipinski definition) is 2. The summed E-state index contributed by atoms with van der Waals surface area (Å²) in [6, 6.07) is 8.70. The molecule has 1 aliphatic carbocycles. The van der Waals surface area contributed by atoms with Crippen LogP contribution in [0.4, 0.5) is 0 Å². The maximum Gasteiger partial charge on any atom is 0.132 e. The van der Waals surface area contributed by atoms with Gasteiger partial charge in [0, 0.05) is 11.9 Å². The number of pyridine rings is 1. The Balaban J connectivity index is 1.98. The molecule has 21 heavy (non-hydrogen) atoms. The van der Waals surface area contributed by atoms with E-state index in [4.69, 9.17) is 11.6 Å². The highest BCUT2D eigenvalue weighted by molar-refractivity contribution is 6.20. The average Bonchev–Trinajstić information content (AvgIpc) is 3.10. The highest BCUT2D eigenvalue weighted by atomic mass is 35.5. The molecule has 1 atom stereocenters. The van der Waals surface area contributed by atoms with Crippen molar-refractivity contribution < 1.29 is 0 Å². The predicted molar refractivity (Wildman–Crippen MR) is 85.2 cm³/mol. The second-order valence-corrected chi connectivity index (χ2v) is 6.25. The highest BCUT2D eigenvalue weighted by Gasteiger charge is 2.18. The lowest BCUT2D eigenvalue weighted by atomic mass is 10.1. The third-order valence-corrected chi connectivity index (χ3v) is 4.37. The molecule has 0 amide bonds. The van der Waals surface area contributed by atoms with Gasteiger partial charge >= 0.3 is 0 Å². The molecule has 1 aromatic carbocycles. The number of alkyl halides is 1. The number of imidazole rings is 1. The quantitative estimate of drug-likeness (QED) is 0.663. The molecule has 2 heterocycles. The van der Waals surface area contributed by atoms with Gasteiger partial charge < -0.3 is 0 Å². The summed E-state index contributed by atoms with van der Waals surface area (Å²) in [6.45, 7) is 1.96. The third kappa shape index (κ3) is 2.04. The molecular weight excluding hydrogens is 282 g/mol. The molecule has 0 bridgehead atoms. The normalized spacial score (nSPS) is 15.3. The van der Waals surface area contributed by atoms with Crippen molar-refractivity contribution in [1.82, 2.24) is 14.5 Å². The largest absolute Gasteiger partial charge is 0.295 e. The van der Waals surface area contributed by atoms with Gasteiger partial charge in [0.15, 0.2) is 0 Å². The number of halogens is 1. The SMILES string of the molecule is CC(Cl)c1nc2cnccc2n1-c1ccc2c(c1)CCC2. The summed E-state index contributed by atoms with van der Waals surface area (Å²) in [5, 5.41) is -0.148. The van der Waals surface area contributed by atoms with Gasteiger partial charge in [0.1, 0.15) is 11.3 Å². The average molecular weight is 298 g/mol. The summed E-state index contributed by atoms with van der Waals surface area (Å²) < 4.78 is 2.16. The molecule has 3 nitrogen and oxygen atoms in total. The highest BCUT2D eigenvalue weighted by Crippen LogP contribution is 2.30. The van der Waals surface area contributed by atoms with E-state index in [0.717, 1.165) is 22.5 Å². The lowest BCUT2D eigenvalue weighted by Gasteiger charge is -2.12. The number of aromatic nitrogens is 3. The molecule has 3 aromatic rings. The molecule has 0 saturated carbocycles. The van der Waals surface area contributed by atoms with E-state index in [0.29, 0.717) is 0 Å². The molecule has 0 N–H and O–H groups in total. The molecule has 0 aliphatic heterocycles. The van der Waals surface area contributed by atoms with Gasteiger partial charge in [-0.1, -0.05) is 6.07 Å². The summed E-state index contributed by atoms with van der Waals surface area (Å²) in [5.41, 5.74) is 6.03. The number of nitrogens with zero attached hydrogens (tertiary/aromatic N) is 3. The van der Waals surface area contributed by atoms with Gasteiger partial charge in [-0.15, -0.1) is 11.6 Å². The van der Waals surface area contributed by atoms with Crippen LogP contribution in [0.5, 0.6) is 0 Å². The number of rotatable bonds is 2. The number of aryl methyl sites for hydroxylation is 2. The molecule has 4 rings (SSSR count). The summed E-state index contributed by atoms with van der Waals surface area (Å²) in [7, 11) is 0. The van der Waals surface area contributed by atoms with E-state index in [-0.39, 0.29) is 5.38 Å². The Labute approximate surface area is 128 Å². The van der Waals surface area contributed by atoms with Crippen molar-refractivity contribution in [3.8, 4) is 5.69 Å². The monoisotopic (exact) mass is 297 g/mol. The first kappa shape index (κ1) is 12.8. The van der Waals surface area contributed by atoms with Crippen molar-refractivity contribution in [1.29, 1.82) is 0 Å². The van der Waals surface area contributed by atoms with Gasteiger partial charge in [-0.2, -0.15) is 0 Å². The van der Waals surface area contributed by atoms with Crippen molar-refractivity contribution in [3.63, 3.8) is 0 Å². The van der Waals surface area contributed by atoms with Gasteiger partial charge in [0.25, 0.3) is 0 Å². The molecule has 0 fully saturated rings. The Morgan fingerprint density at radius 1 is 1.19 bits per heavy atom. The molecule has 0 saturated heterocycles. The van der Waals surface area contributed by atoms with Crippen LogP contribution >= 0.6 is 11.6 Å². The van der Waals surface area contributed by atoms with E-state index in [1.165, 1.54) is 30.4 Å². The first-order chi connectivity index (χ1) is 10.2. The molecule has 106 valence electrons. The zero-order valence-electron chi connectivity index (χ0n) is 11.9. The predicted octanol–water partition coefficient (Wildman–Crippen LogP) is 4.21. The van der Waals surface area contributed by atoms with Gasteiger partial charge in [-0.25, -0.2) is 4.98 Å². The second kappa shape index (κ2) is 4.85. The number of hydrogen-bond donors (Lipinski definition) is 0. The van der Waals surface area contributed by atoms with Gasteiger partial charge in [-0.3, -0.25) is 9.55 Å². The topological polar surface area (TPSA) is 30.7 Å². The number of fused-ring (bicyclic) bond motifs is 2. The standard InChI is InChI=1S/C17H16ClN3/c1-11(18)17-20-15-10-19-8-7-16(15)21(17)14-6-5-12-3-2-4-13(12)9-14/h5-11H,2-4H2,1H3. The van der Waals surface area contributed by atoms with E-state index in [1.807, 2.05) is 13.0 Å². The molecule has 1 aliphatic rings. The zero-order valence-corrected chi connectivity index (χ0v) is 12.6. The fraction of sp³-hybridized carbons (Fsp3) is 0.294. The molecule has 2 aromatic heterocycles. The third-order valence-electron chi connectivity index (χ3n) is 4.18. The van der Waals surface area contributed by atoms with E-state index in [1.54, 1.807) is 12.4 Å².